The van der Waals surface area contributed by atoms with Crippen LogP contribution in [0.4, 0.5) is 9.59 Å². The van der Waals surface area contributed by atoms with E-state index in [1.165, 1.54) is 20.8 Å². The molecule has 5 amide bonds. The first kappa shape index (κ1) is 34.0. The van der Waals surface area contributed by atoms with Gasteiger partial charge in [0.15, 0.2) is 0 Å². The van der Waals surface area contributed by atoms with Crippen LogP contribution in [0.5, 0.6) is 0 Å². The number of rotatable bonds is 11. The molecule has 1 heterocycles. The Morgan fingerprint density at radius 1 is 1.00 bits per heavy atom. The van der Waals surface area contributed by atoms with Gasteiger partial charge in [0.2, 0.25) is 11.8 Å². The van der Waals surface area contributed by atoms with Crippen molar-refractivity contribution in [1.82, 2.24) is 20.9 Å². The largest absolute Gasteiger partial charge is 0.459 e. The molecule has 0 aliphatic carbocycles. The summed E-state index contributed by atoms with van der Waals surface area (Å²) in [6.07, 6.45) is -2.14. The lowest BCUT2D eigenvalue weighted by atomic mass is 10.0. The van der Waals surface area contributed by atoms with E-state index in [2.05, 4.69) is 16.0 Å². The van der Waals surface area contributed by atoms with Crippen molar-refractivity contribution in [3.63, 3.8) is 0 Å². The van der Waals surface area contributed by atoms with E-state index in [9.17, 15) is 28.8 Å². The van der Waals surface area contributed by atoms with Gasteiger partial charge in [0.05, 0.1) is 12.5 Å². The fourth-order valence-electron chi connectivity index (χ4n) is 3.94. The van der Waals surface area contributed by atoms with Gasteiger partial charge < -0.3 is 30.2 Å². The Kier molecular flexibility index (Phi) is 11.5. The summed E-state index contributed by atoms with van der Waals surface area (Å²) in [5.41, 5.74) is -1.47. The summed E-state index contributed by atoms with van der Waals surface area (Å²) < 4.78 is 15.5. The van der Waals surface area contributed by atoms with Crippen LogP contribution >= 0.6 is 0 Å². The first-order chi connectivity index (χ1) is 19.4. The molecular formula is C29H42N4O9. The minimum Gasteiger partial charge on any atom is -0.459 e. The van der Waals surface area contributed by atoms with Crippen LogP contribution in [0.3, 0.4) is 0 Å². The first-order valence-electron chi connectivity index (χ1n) is 13.7. The third-order valence-electron chi connectivity index (χ3n) is 6.17. The first-order valence-corrected chi connectivity index (χ1v) is 13.7. The number of imide groups is 1. The highest BCUT2D eigenvalue weighted by atomic mass is 16.6. The Balaban J connectivity index is 1.98. The summed E-state index contributed by atoms with van der Waals surface area (Å²) in [4.78, 5) is 77.1. The number of benzene rings is 1. The Labute approximate surface area is 246 Å². The smallest absolute Gasteiger partial charge is 0.417 e. The molecule has 42 heavy (non-hydrogen) atoms. The maximum Gasteiger partial charge on any atom is 0.417 e. The quantitative estimate of drug-likeness (QED) is 0.259. The van der Waals surface area contributed by atoms with Crippen molar-refractivity contribution in [2.75, 3.05) is 6.61 Å². The number of carbonyl (C=O) groups is 6. The minimum absolute atomic E-state index is 0.0440. The maximum atomic E-state index is 13.3. The lowest BCUT2D eigenvalue weighted by molar-refractivity contribution is -0.149. The van der Waals surface area contributed by atoms with Crippen molar-refractivity contribution >= 4 is 35.9 Å². The highest BCUT2D eigenvalue weighted by Gasteiger charge is 2.44. The molecule has 1 aliphatic heterocycles. The molecule has 0 aromatic heterocycles. The van der Waals surface area contributed by atoms with E-state index in [0.717, 1.165) is 10.5 Å². The number of cyclic esters (lactones) is 1. The van der Waals surface area contributed by atoms with E-state index in [1.54, 1.807) is 46.8 Å². The Morgan fingerprint density at radius 3 is 2.19 bits per heavy atom. The Morgan fingerprint density at radius 2 is 1.62 bits per heavy atom. The van der Waals surface area contributed by atoms with Gasteiger partial charge in [-0.15, -0.1) is 0 Å². The molecule has 13 nitrogen and oxygen atoms in total. The molecule has 0 unspecified atom stereocenters. The van der Waals surface area contributed by atoms with E-state index < -0.39 is 71.1 Å². The summed E-state index contributed by atoms with van der Waals surface area (Å²) >= 11 is 0. The fraction of sp³-hybridized carbons (Fsp3) is 0.586. The molecule has 2 rings (SSSR count). The van der Waals surface area contributed by atoms with Crippen molar-refractivity contribution < 1.29 is 43.0 Å². The summed E-state index contributed by atoms with van der Waals surface area (Å²) in [7, 11) is 0. The average molecular weight is 591 g/mol. The number of nitrogens with one attached hydrogen (secondary N) is 3. The second kappa shape index (κ2) is 14.1. The average Bonchev–Trinajstić information content (AvgIpc) is 3.23. The molecule has 3 N–H and O–H groups in total. The molecule has 0 spiro atoms. The molecule has 0 saturated carbocycles. The zero-order valence-corrected chi connectivity index (χ0v) is 25.4. The molecule has 0 radical (unpaired) electrons. The standard InChI is InChI=1S/C29H42N4O9/c1-17(2)22(31-26(38)42-28(4,5)6)23(35)33-20(16-41-27(33)39)14-21(34)32-29(7,8)25(37)30-18(3)24(36)40-15-19-12-10-9-11-13-19/h9-13,17-18,20,22H,14-16H2,1-8H3,(H,30,37)(H,31,38)(H,32,34)/t18-,20-,22-/m0/s1. The Bertz CT molecular complexity index is 1160. The van der Waals surface area contributed by atoms with Crippen LogP contribution in [-0.4, -0.2) is 76.6 Å². The molecule has 13 heteroatoms. The number of nitrogens with zero attached hydrogens (tertiary/aromatic N) is 1. The van der Waals surface area contributed by atoms with Gasteiger partial charge >= 0.3 is 18.2 Å². The predicted molar refractivity (Wildman–Crippen MR) is 151 cm³/mol. The SMILES string of the molecule is CC(C)[C@H](NC(=O)OC(C)(C)C)C(=O)N1C(=O)OC[C@@H]1CC(=O)NC(C)(C)C(=O)N[C@@H](C)C(=O)OCc1ccccc1. The number of carbonyl (C=O) groups excluding carboxylic acids is 6. The second-order valence-corrected chi connectivity index (χ2v) is 12.0. The van der Waals surface area contributed by atoms with Crippen LogP contribution < -0.4 is 16.0 Å². The van der Waals surface area contributed by atoms with Crippen molar-refractivity contribution in [3.05, 3.63) is 35.9 Å². The molecular weight excluding hydrogens is 548 g/mol. The molecule has 0 bridgehead atoms. The molecule has 1 aromatic carbocycles. The number of esters is 1. The van der Waals surface area contributed by atoms with Gasteiger partial charge in [0.25, 0.3) is 5.91 Å². The van der Waals surface area contributed by atoms with Crippen LogP contribution in [0.1, 0.15) is 67.4 Å². The Hall–Kier alpha value is -4.16. The summed E-state index contributed by atoms with van der Waals surface area (Å²) in [5, 5.41) is 7.59. The van der Waals surface area contributed by atoms with Gasteiger partial charge in [-0.2, -0.15) is 0 Å². The fourth-order valence-corrected chi connectivity index (χ4v) is 3.94. The lowest BCUT2D eigenvalue weighted by Crippen LogP contribution is -2.58. The molecule has 232 valence electrons. The molecule has 1 fully saturated rings. The van der Waals surface area contributed by atoms with Gasteiger partial charge in [0.1, 0.15) is 36.4 Å². The van der Waals surface area contributed by atoms with E-state index in [4.69, 9.17) is 14.2 Å². The van der Waals surface area contributed by atoms with Crippen LogP contribution in [0.15, 0.2) is 30.3 Å². The van der Waals surface area contributed by atoms with Crippen LogP contribution in [-0.2, 0) is 40.0 Å². The molecule has 3 atom stereocenters. The van der Waals surface area contributed by atoms with E-state index in [-0.39, 0.29) is 19.6 Å². The third-order valence-corrected chi connectivity index (χ3v) is 6.17. The molecule has 1 aromatic rings. The van der Waals surface area contributed by atoms with E-state index in [1.807, 2.05) is 18.2 Å². The monoisotopic (exact) mass is 590 g/mol. The van der Waals surface area contributed by atoms with Gasteiger partial charge in [-0.05, 0) is 53.0 Å². The minimum atomic E-state index is -1.46. The van der Waals surface area contributed by atoms with E-state index in [0.29, 0.717) is 0 Å². The van der Waals surface area contributed by atoms with E-state index >= 15 is 0 Å². The number of hydrogen-bond donors (Lipinski definition) is 3. The van der Waals surface area contributed by atoms with Crippen molar-refractivity contribution in [2.24, 2.45) is 5.92 Å². The normalized spacial score (nSPS) is 16.6. The summed E-state index contributed by atoms with van der Waals surface area (Å²) in [6.45, 7) is 12.5. The molecule has 1 aliphatic rings. The second-order valence-electron chi connectivity index (χ2n) is 12.0. The van der Waals surface area contributed by atoms with Crippen LogP contribution in [0, 0.1) is 5.92 Å². The van der Waals surface area contributed by atoms with Crippen LogP contribution in [0.25, 0.3) is 0 Å². The predicted octanol–water partition coefficient (Wildman–Crippen LogP) is 2.42. The number of hydrogen-bond acceptors (Lipinski definition) is 9. The summed E-state index contributed by atoms with van der Waals surface area (Å²) in [6, 6.07) is 5.97. The number of alkyl carbamates (subject to hydrolysis) is 1. The molecule has 1 saturated heterocycles. The van der Waals surface area contributed by atoms with Gasteiger partial charge in [-0.25, -0.2) is 19.3 Å². The van der Waals surface area contributed by atoms with Gasteiger partial charge in [-0.1, -0.05) is 44.2 Å². The maximum absolute atomic E-state index is 13.3. The highest BCUT2D eigenvalue weighted by molar-refractivity contribution is 5.99. The topological polar surface area (TPSA) is 169 Å². The van der Waals surface area contributed by atoms with Crippen LogP contribution in [0.2, 0.25) is 0 Å². The van der Waals surface area contributed by atoms with Crippen molar-refractivity contribution in [3.8, 4) is 0 Å². The van der Waals surface area contributed by atoms with Gasteiger partial charge in [-0.3, -0.25) is 14.4 Å². The number of ether oxygens (including phenoxy) is 3. The van der Waals surface area contributed by atoms with Crippen molar-refractivity contribution in [2.45, 2.75) is 97.7 Å². The third kappa shape index (κ3) is 10.0. The van der Waals surface area contributed by atoms with Crippen molar-refractivity contribution in [1.29, 1.82) is 0 Å². The lowest BCUT2D eigenvalue weighted by Gasteiger charge is -2.30. The highest BCUT2D eigenvalue weighted by Crippen LogP contribution is 2.20. The van der Waals surface area contributed by atoms with Gasteiger partial charge in [0, 0.05) is 0 Å². The zero-order valence-electron chi connectivity index (χ0n) is 25.4. The number of amides is 5. The summed E-state index contributed by atoms with van der Waals surface area (Å²) in [5.74, 6) is -3.11. The zero-order chi connectivity index (χ0) is 31.8.